The summed E-state index contributed by atoms with van der Waals surface area (Å²) >= 11 is 5.75. The molecule has 0 saturated carbocycles. The van der Waals surface area contributed by atoms with Crippen molar-refractivity contribution in [3.8, 4) is 0 Å². The third kappa shape index (κ3) is 1.30. The number of nitro benzene ring substituents is 1. The van der Waals surface area contributed by atoms with Crippen molar-refractivity contribution in [1.82, 2.24) is 9.94 Å². The van der Waals surface area contributed by atoms with Gasteiger partial charge in [-0.05, 0) is 13.0 Å². The van der Waals surface area contributed by atoms with Crippen LogP contribution in [-0.2, 0) is 0 Å². The second-order valence-electron chi connectivity index (χ2n) is 3.04. The van der Waals surface area contributed by atoms with Crippen molar-refractivity contribution in [3.63, 3.8) is 0 Å². The van der Waals surface area contributed by atoms with Gasteiger partial charge in [0.1, 0.15) is 5.52 Å². The molecular formula is C8H6ClN3O3. The van der Waals surface area contributed by atoms with Crippen LogP contribution in [0.4, 0.5) is 5.69 Å². The van der Waals surface area contributed by atoms with Crippen LogP contribution in [0.25, 0.3) is 10.9 Å². The van der Waals surface area contributed by atoms with Crippen LogP contribution >= 0.6 is 11.6 Å². The highest BCUT2D eigenvalue weighted by molar-refractivity contribution is 6.34. The summed E-state index contributed by atoms with van der Waals surface area (Å²) in [5.74, 6) is 0. The fourth-order valence-electron chi connectivity index (χ4n) is 1.50. The van der Waals surface area contributed by atoms with Crippen LogP contribution in [0, 0.1) is 17.0 Å². The molecule has 0 fully saturated rings. The van der Waals surface area contributed by atoms with Crippen LogP contribution in [0.3, 0.4) is 0 Å². The molecule has 2 rings (SSSR count). The Balaban J connectivity index is 2.89. The maximum Gasteiger partial charge on any atom is 0.273 e. The molecule has 1 aromatic heterocycles. The predicted octanol–water partition coefficient (Wildman–Crippen LogP) is 2.14. The number of benzene rings is 1. The number of hydrogen-bond donors (Lipinski definition) is 1. The number of aromatic nitrogens is 2. The average Bonchev–Trinajstić information content (AvgIpc) is 2.43. The van der Waals surface area contributed by atoms with Gasteiger partial charge >= 0.3 is 0 Å². The van der Waals surface area contributed by atoms with Crippen molar-refractivity contribution >= 4 is 28.2 Å². The lowest BCUT2D eigenvalue weighted by molar-refractivity contribution is -0.385. The lowest BCUT2D eigenvalue weighted by Gasteiger charge is -1.98. The van der Waals surface area contributed by atoms with Gasteiger partial charge in [0.05, 0.1) is 10.3 Å². The fourth-order valence-corrected chi connectivity index (χ4v) is 1.81. The Labute approximate surface area is 88.8 Å². The highest BCUT2D eigenvalue weighted by Crippen LogP contribution is 2.31. The van der Waals surface area contributed by atoms with Crippen molar-refractivity contribution in [2.45, 2.75) is 6.92 Å². The lowest BCUT2D eigenvalue weighted by Crippen LogP contribution is -1.94. The summed E-state index contributed by atoms with van der Waals surface area (Å²) < 4.78 is 0. The van der Waals surface area contributed by atoms with Crippen LogP contribution in [-0.4, -0.2) is 20.1 Å². The van der Waals surface area contributed by atoms with E-state index in [9.17, 15) is 15.3 Å². The molecule has 0 bridgehead atoms. The standard InChI is InChI=1S/C8H6ClN3O3/c1-4-5(12(14)15)2-3-6-7(4)8(9)10-11(6)13/h2-3,13H,1H3. The Hall–Kier alpha value is -1.82. The second kappa shape index (κ2) is 3.09. The first-order valence-electron chi connectivity index (χ1n) is 4.04. The van der Waals surface area contributed by atoms with Gasteiger partial charge in [-0.1, -0.05) is 11.6 Å². The maximum absolute atomic E-state index is 10.7. The summed E-state index contributed by atoms with van der Waals surface area (Å²) in [6.45, 7) is 1.56. The first-order chi connectivity index (χ1) is 7.02. The Morgan fingerprint density at radius 3 is 2.87 bits per heavy atom. The molecule has 0 aliphatic rings. The van der Waals surface area contributed by atoms with Crippen LogP contribution in [0.5, 0.6) is 0 Å². The van der Waals surface area contributed by atoms with Crippen molar-refractivity contribution in [1.29, 1.82) is 0 Å². The van der Waals surface area contributed by atoms with Gasteiger partial charge < -0.3 is 5.21 Å². The molecule has 1 N–H and O–H groups in total. The molecule has 6 nitrogen and oxygen atoms in total. The zero-order valence-corrected chi connectivity index (χ0v) is 8.39. The van der Waals surface area contributed by atoms with Crippen molar-refractivity contribution in [2.75, 3.05) is 0 Å². The first-order valence-corrected chi connectivity index (χ1v) is 4.41. The Morgan fingerprint density at radius 2 is 2.27 bits per heavy atom. The largest absolute Gasteiger partial charge is 0.411 e. The second-order valence-corrected chi connectivity index (χ2v) is 3.40. The van der Waals surface area contributed by atoms with Crippen LogP contribution in [0.15, 0.2) is 12.1 Å². The van der Waals surface area contributed by atoms with Gasteiger partial charge in [0.2, 0.25) is 0 Å². The molecule has 78 valence electrons. The predicted molar refractivity (Wildman–Crippen MR) is 53.3 cm³/mol. The first kappa shape index (κ1) is 9.72. The van der Waals surface area contributed by atoms with Gasteiger partial charge in [-0.25, -0.2) is 0 Å². The minimum absolute atomic E-state index is 0.0441. The van der Waals surface area contributed by atoms with Gasteiger partial charge in [-0.2, -0.15) is 0 Å². The Morgan fingerprint density at radius 1 is 1.60 bits per heavy atom. The topological polar surface area (TPSA) is 81.2 Å². The Bertz CT molecular complexity index is 564. The highest BCUT2D eigenvalue weighted by Gasteiger charge is 2.18. The third-order valence-electron chi connectivity index (χ3n) is 2.22. The maximum atomic E-state index is 10.7. The molecule has 0 unspecified atom stereocenters. The van der Waals surface area contributed by atoms with Gasteiger partial charge in [0, 0.05) is 11.6 Å². The molecule has 15 heavy (non-hydrogen) atoms. The number of nitrogens with zero attached hydrogens (tertiary/aromatic N) is 3. The van der Waals surface area contributed by atoms with E-state index >= 15 is 0 Å². The normalized spacial score (nSPS) is 10.8. The summed E-state index contributed by atoms with van der Waals surface area (Å²) in [6.07, 6.45) is 0. The van der Waals surface area contributed by atoms with E-state index in [1.807, 2.05) is 0 Å². The number of halogens is 1. The summed E-state index contributed by atoms with van der Waals surface area (Å²) in [6, 6.07) is 2.71. The van der Waals surface area contributed by atoms with Gasteiger partial charge in [0.15, 0.2) is 5.15 Å². The minimum Gasteiger partial charge on any atom is -0.411 e. The zero-order chi connectivity index (χ0) is 11.2. The molecule has 1 aromatic carbocycles. The monoisotopic (exact) mass is 227 g/mol. The molecule has 0 amide bonds. The Kier molecular flexibility index (Phi) is 2.01. The van der Waals surface area contributed by atoms with E-state index < -0.39 is 4.92 Å². The van der Waals surface area contributed by atoms with Crippen LogP contribution < -0.4 is 0 Å². The van der Waals surface area contributed by atoms with Gasteiger partial charge in [-0.15, -0.1) is 9.94 Å². The molecule has 1 heterocycles. The summed E-state index contributed by atoms with van der Waals surface area (Å²) in [5.41, 5.74) is 0.698. The van der Waals surface area contributed by atoms with E-state index in [-0.39, 0.29) is 10.8 Å². The molecule has 0 radical (unpaired) electrons. The van der Waals surface area contributed by atoms with E-state index in [2.05, 4.69) is 5.10 Å². The number of hydrogen-bond acceptors (Lipinski definition) is 4. The van der Waals surface area contributed by atoms with Crippen molar-refractivity contribution in [2.24, 2.45) is 0 Å². The molecule has 0 spiro atoms. The summed E-state index contributed by atoms with van der Waals surface area (Å²) in [5, 5.41) is 24.0. The molecule has 0 aliphatic carbocycles. The average molecular weight is 228 g/mol. The van der Waals surface area contributed by atoms with Gasteiger partial charge in [0.25, 0.3) is 5.69 Å². The van der Waals surface area contributed by atoms with Crippen LogP contribution in [0.2, 0.25) is 5.15 Å². The van der Waals surface area contributed by atoms with E-state index in [1.54, 1.807) is 6.92 Å². The van der Waals surface area contributed by atoms with Gasteiger partial charge in [-0.3, -0.25) is 10.1 Å². The lowest BCUT2D eigenvalue weighted by atomic mass is 10.1. The number of fused-ring (bicyclic) bond motifs is 1. The quantitative estimate of drug-likeness (QED) is 0.460. The molecule has 0 saturated heterocycles. The summed E-state index contributed by atoms with van der Waals surface area (Å²) in [7, 11) is 0. The number of rotatable bonds is 1. The van der Waals surface area contributed by atoms with E-state index in [0.29, 0.717) is 21.3 Å². The third-order valence-corrected chi connectivity index (χ3v) is 2.48. The SMILES string of the molecule is Cc1c([N+](=O)[O-])ccc2c1c(Cl)nn2O. The minimum atomic E-state index is -0.500. The highest BCUT2D eigenvalue weighted by atomic mass is 35.5. The van der Waals surface area contributed by atoms with Crippen molar-refractivity contribution in [3.05, 3.63) is 33.0 Å². The molecule has 7 heteroatoms. The fraction of sp³-hybridized carbons (Fsp3) is 0.125. The zero-order valence-electron chi connectivity index (χ0n) is 7.64. The number of nitro groups is 1. The smallest absolute Gasteiger partial charge is 0.273 e. The van der Waals surface area contributed by atoms with E-state index in [4.69, 9.17) is 11.6 Å². The molecular weight excluding hydrogens is 222 g/mol. The molecule has 0 aliphatic heterocycles. The molecule has 2 aromatic rings. The van der Waals surface area contributed by atoms with E-state index in [0.717, 1.165) is 0 Å². The number of aryl methyl sites for hydroxylation is 1. The molecule has 0 atom stereocenters. The van der Waals surface area contributed by atoms with Crippen molar-refractivity contribution < 1.29 is 10.1 Å². The van der Waals surface area contributed by atoms with Crippen LogP contribution in [0.1, 0.15) is 5.56 Å². The summed E-state index contributed by atoms with van der Waals surface area (Å²) in [4.78, 5) is 10.8. The van der Waals surface area contributed by atoms with E-state index in [1.165, 1.54) is 12.1 Å².